The van der Waals surface area contributed by atoms with E-state index in [1.54, 1.807) is 30.3 Å². The summed E-state index contributed by atoms with van der Waals surface area (Å²) in [6, 6.07) is 12.4. The Kier molecular flexibility index (Phi) is 3.95. The van der Waals surface area contributed by atoms with Crippen molar-refractivity contribution >= 4 is 11.7 Å². The Labute approximate surface area is 114 Å². The number of carboxylic acids is 1. The number of hydrogen-bond donors (Lipinski definition) is 1. The van der Waals surface area contributed by atoms with Crippen LogP contribution in [-0.2, 0) is 11.2 Å². The minimum atomic E-state index is -0.933. The molecule has 0 saturated heterocycles. The number of benzene rings is 2. The predicted molar refractivity (Wildman–Crippen MR) is 71.0 cm³/mol. The average Bonchev–Trinajstić information content (AvgIpc) is 2.38. The molecule has 1 N–H and O–H groups in total. The van der Waals surface area contributed by atoms with Crippen LogP contribution in [0, 0.1) is 10.1 Å². The highest BCUT2D eigenvalue weighted by molar-refractivity contribution is 5.70. The van der Waals surface area contributed by atoms with Crippen LogP contribution in [-0.4, -0.2) is 16.0 Å². The van der Waals surface area contributed by atoms with Gasteiger partial charge in [0, 0.05) is 6.07 Å². The molecule has 0 fully saturated rings. The van der Waals surface area contributed by atoms with Crippen LogP contribution in [0.4, 0.5) is 5.69 Å². The monoisotopic (exact) mass is 273 g/mol. The molecule has 6 heteroatoms. The Balaban J connectivity index is 2.19. The fourth-order valence-corrected chi connectivity index (χ4v) is 1.69. The van der Waals surface area contributed by atoms with Gasteiger partial charge in [0.1, 0.15) is 11.5 Å². The van der Waals surface area contributed by atoms with Gasteiger partial charge >= 0.3 is 5.97 Å². The first-order chi connectivity index (χ1) is 9.54. The SMILES string of the molecule is O=C(O)Cc1cccc(Oc2cccc([N+](=O)[O-])c2)c1. The van der Waals surface area contributed by atoms with E-state index in [4.69, 9.17) is 9.84 Å². The van der Waals surface area contributed by atoms with E-state index >= 15 is 0 Å². The fourth-order valence-electron chi connectivity index (χ4n) is 1.69. The van der Waals surface area contributed by atoms with E-state index in [-0.39, 0.29) is 12.1 Å². The number of nitrogens with zero attached hydrogens (tertiary/aromatic N) is 1. The normalized spacial score (nSPS) is 10.0. The minimum Gasteiger partial charge on any atom is -0.481 e. The first-order valence-corrected chi connectivity index (χ1v) is 5.77. The van der Waals surface area contributed by atoms with Gasteiger partial charge in [-0.1, -0.05) is 18.2 Å². The van der Waals surface area contributed by atoms with Gasteiger partial charge in [0.2, 0.25) is 0 Å². The Morgan fingerprint density at radius 1 is 1.15 bits per heavy atom. The number of ether oxygens (including phenoxy) is 1. The van der Waals surface area contributed by atoms with Gasteiger partial charge in [-0.15, -0.1) is 0 Å². The molecule has 6 nitrogen and oxygen atoms in total. The second-order valence-corrected chi connectivity index (χ2v) is 4.07. The third kappa shape index (κ3) is 3.55. The summed E-state index contributed by atoms with van der Waals surface area (Å²) < 4.78 is 5.49. The van der Waals surface area contributed by atoms with E-state index in [0.29, 0.717) is 17.1 Å². The van der Waals surface area contributed by atoms with Crippen molar-refractivity contribution in [3.05, 3.63) is 64.2 Å². The maximum atomic E-state index is 10.7. The molecule has 0 radical (unpaired) electrons. The summed E-state index contributed by atoms with van der Waals surface area (Å²) in [5.41, 5.74) is 0.532. The number of aliphatic carboxylic acids is 1. The molecule has 0 aliphatic heterocycles. The first kappa shape index (κ1) is 13.5. The van der Waals surface area contributed by atoms with Crippen molar-refractivity contribution in [2.45, 2.75) is 6.42 Å². The zero-order chi connectivity index (χ0) is 14.5. The molecule has 0 unspecified atom stereocenters. The van der Waals surface area contributed by atoms with Crippen molar-refractivity contribution in [1.82, 2.24) is 0 Å². The lowest BCUT2D eigenvalue weighted by atomic mass is 10.1. The van der Waals surface area contributed by atoms with Crippen LogP contribution in [0.3, 0.4) is 0 Å². The molecular weight excluding hydrogens is 262 g/mol. The number of rotatable bonds is 5. The Morgan fingerprint density at radius 2 is 1.80 bits per heavy atom. The minimum absolute atomic E-state index is 0.0656. The lowest BCUT2D eigenvalue weighted by Crippen LogP contribution is -1.99. The van der Waals surface area contributed by atoms with Gasteiger partial charge < -0.3 is 9.84 Å². The standard InChI is InChI=1S/C14H11NO5/c16-14(17)8-10-3-1-5-12(7-10)20-13-6-2-4-11(9-13)15(18)19/h1-7,9H,8H2,(H,16,17). The molecule has 2 aromatic rings. The summed E-state index contributed by atoms with van der Waals surface area (Å²) in [6.07, 6.45) is -0.105. The van der Waals surface area contributed by atoms with Gasteiger partial charge in [-0.05, 0) is 23.8 Å². The van der Waals surface area contributed by atoms with E-state index < -0.39 is 10.9 Å². The van der Waals surface area contributed by atoms with Crippen molar-refractivity contribution in [3.63, 3.8) is 0 Å². The van der Waals surface area contributed by atoms with Gasteiger partial charge in [0.05, 0.1) is 17.4 Å². The largest absolute Gasteiger partial charge is 0.481 e. The second kappa shape index (κ2) is 5.83. The topological polar surface area (TPSA) is 89.7 Å². The molecule has 0 bridgehead atoms. The maximum absolute atomic E-state index is 10.7. The molecule has 2 rings (SSSR count). The molecule has 0 spiro atoms. The Bertz CT molecular complexity index is 654. The van der Waals surface area contributed by atoms with Gasteiger partial charge in [-0.25, -0.2) is 0 Å². The highest BCUT2D eigenvalue weighted by Crippen LogP contribution is 2.25. The number of nitro benzene ring substituents is 1. The van der Waals surface area contributed by atoms with E-state index in [2.05, 4.69) is 0 Å². The molecule has 2 aromatic carbocycles. The summed E-state index contributed by atoms with van der Waals surface area (Å²) in [5, 5.41) is 19.4. The highest BCUT2D eigenvalue weighted by atomic mass is 16.6. The van der Waals surface area contributed by atoms with E-state index in [1.165, 1.54) is 18.2 Å². The molecule has 20 heavy (non-hydrogen) atoms. The number of hydrogen-bond acceptors (Lipinski definition) is 4. The zero-order valence-electron chi connectivity index (χ0n) is 10.4. The van der Waals surface area contributed by atoms with Crippen molar-refractivity contribution in [3.8, 4) is 11.5 Å². The van der Waals surface area contributed by atoms with Gasteiger partial charge in [0.15, 0.2) is 0 Å². The molecule has 0 heterocycles. The third-order valence-electron chi connectivity index (χ3n) is 2.52. The summed E-state index contributed by atoms with van der Waals surface area (Å²) >= 11 is 0. The van der Waals surface area contributed by atoms with Crippen molar-refractivity contribution in [2.75, 3.05) is 0 Å². The van der Waals surface area contributed by atoms with Crippen molar-refractivity contribution in [2.24, 2.45) is 0 Å². The molecule has 0 saturated carbocycles. The molecule has 0 aromatic heterocycles. The van der Waals surface area contributed by atoms with E-state index in [0.717, 1.165) is 0 Å². The quantitative estimate of drug-likeness (QED) is 0.668. The summed E-state index contributed by atoms with van der Waals surface area (Å²) in [7, 11) is 0. The van der Waals surface area contributed by atoms with Crippen LogP contribution in [0.1, 0.15) is 5.56 Å². The highest BCUT2D eigenvalue weighted by Gasteiger charge is 2.08. The zero-order valence-corrected chi connectivity index (χ0v) is 10.4. The molecule has 0 aliphatic carbocycles. The lowest BCUT2D eigenvalue weighted by molar-refractivity contribution is -0.384. The number of non-ortho nitro benzene ring substituents is 1. The van der Waals surface area contributed by atoms with Crippen LogP contribution in [0.15, 0.2) is 48.5 Å². The number of nitro groups is 1. The van der Waals surface area contributed by atoms with Crippen molar-refractivity contribution in [1.29, 1.82) is 0 Å². The summed E-state index contributed by atoms with van der Waals surface area (Å²) in [5.74, 6) is -0.173. The maximum Gasteiger partial charge on any atom is 0.307 e. The van der Waals surface area contributed by atoms with Crippen LogP contribution >= 0.6 is 0 Å². The van der Waals surface area contributed by atoms with Gasteiger partial charge in [0.25, 0.3) is 5.69 Å². The number of carboxylic acid groups (broad SMARTS) is 1. The summed E-state index contributed by atoms with van der Waals surface area (Å²) in [6.45, 7) is 0. The first-order valence-electron chi connectivity index (χ1n) is 5.77. The molecule has 0 amide bonds. The molecule has 102 valence electrons. The van der Waals surface area contributed by atoms with Gasteiger partial charge in [-0.3, -0.25) is 14.9 Å². The van der Waals surface area contributed by atoms with Crippen LogP contribution in [0.2, 0.25) is 0 Å². The fraction of sp³-hybridized carbons (Fsp3) is 0.0714. The number of carbonyl (C=O) groups is 1. The summed E-state index contributed by atoms with van der Waals surface area (Å²) in [4.78, 5) is 20.8. The Hall–Kier alpha value is -2.89. The lowest BCUT2D eigenvalue weighted by Gasteiger charge is -2.06. The molecular formula is C14H11NO5. The van der Waals surface area contributed by atoms with E-state index in [9.17, 15) is 14.9 Å². The molecule has 0 aliphatic rings. The van der Waals surface area contributed by atoms with Gasteiger partial charge in [-0.2, -0.15) is 0 Å². The van der Waals surface area contributed by atoms with Crippen LogP contribution in [0.25, 0.3) is 0 Å². The average molecular weight is 273 g/mol. The third-order valence-corrected chi connectivity index (χ3v) is 2.52. The van der Waals surface area contributed by atoms with Crippen LogP contribution in [0.5, 0.6) is 11.5 Å². The molecule has 0 atom stereocenters. The smallest absolute Gasteiger partial charge is 0.307 e. The van der Waals surface area contributed by atoms with Crippen molar-refractivity contribution < 1.29 is 19.6 Å². The van der Waals surface area contributed by atoms with E-state index in [1.807, 2.05) is 0 Å². The predicted octanol–water partition coefficient (Wildman–Crippen LogP) is 3.01. The van der Waals surface area contributed by atoms with Crippen LogP contribution < -0.4 is 4.74 Å². The Morgan fingerprint density at radius 3 is 2.45 bits per heavy atom. The second-order valence-electron chi connectivity index (χ2n) is 4.07.